The smallest absolute Gasteiger partial charge is 0.222 e. The standard InChI is InChI=1S/C18H19FN6O/c1-23-9-10-26-15-14(23)17(24(2)13-7-8-13)22-25-16(20-21-18(15)25)11-3-5-12(19)6-4-11/h3-6,13H,7-10H2,1-2H3. The van der Waals surface area contributed by atoms with Crippen LogP contribution in [0.5, 0.6) is 5.75 Å². The van der Waals surface area contributed by atoms with Gasteiger partial charge in [-0.1, -0.05) is 0 Å². The molecule has 1 aliphatic carbocycles. The van der Waals surface area contributed by atoms with Crippen molar-refractivity contribution in [3.05, 3.63) is 30.1 Å². The molecule has 8 heteroatoms. The van der Waals surface area contributed by atoms with Crippen LogP contribution in [0, 0.1) is 5.82 Å². The van der Waals surface area contributed by atoms with Gasteiger partial charge in [-0.2, -0.15) is 4.52 Å². The van der Waals surface area contributed by atoms with Crippen molar-refractivity contribution in [3.8, 4) is 17.1 Å². The summed E-state index contributed by atoms with van der Waals surface area (Å²) in [5, 5.41) is 13.5. The number of benzene rings is 1. The van der Waals surface area contributed by atoms with Crippen LogP contribution >= 0.6 is 0 Å². The second-order valence-electron chi connectivity index (χ2n) is 6.88. The van der Waals surface area contributed by atoms with Crippen molar-refractivity contribution >= 4 is 17.2 Å². The number of likely N-dealkylation sites (N-methyl/N-ethyl adjacent to an activating group) is 1. The van der Waals surface area contributed by atoms with Crippen molar-refractivity contribution in [2.24, 2.45) is 0 Å². The molecule has 2 aromatic heterocycles. The molecule has 1 fully saturated rings. The van der Waals surface area contributed by atoms with E-state index in [9.17, 15) is 4.39 Å². The number of halogens is 1. The summed E-state index contributed by atoms with van der Waals surface area (Å²) in [7, 11) is 4.11. The predicted molar refractivity (Wildman–Crippen MR) is 96.4 cm³/mol. The van der Waals surface area contributed by atoms with Crippen molar-refractivity contribution in [1.29, 1.82) is 0 Å². The van der Waals surface area contributed by atoms with Crippen LogP contribution in [-0.4, -0.2) is 53.1 Å². The van der Waals surface area contributed by atoms with Crippen molar-refractivity contribution in [2.75, 3.05) is 37.0 Å². The SMILES string of the molecule is CN1CCOc2c1c(N(C)C1CC1)nn1c(-c3ccc(F)cc3)nnc21. The van der Waals surface area contributed by atoms with Gasteiger partial charge < -0.3 is 14.5 Å². The summed E-state index contributed by atoms with van der Waals surface area (Å²) in [4.78, 5) is 4.37. The zero-order valence-electron chi connectivity index (χ0n) is 14.7. The van der Waals surface area contributed by atoms with Crippen molar-refractivity contribution in [3.63, 3.8) is 0 Å². The van der Waals surface area contributed by atoms with Gasteiger partial charge in [-0.3, -0.25) is 0 Å². The molecule has 0 amide bonds. The highest BCUT2D eigenvalue weighted by atomic mass is 19.1. The number of ether oxygens (including phenoxy) is 1. The first kappa shape index (κ1) is 15.4. The van der Waals surface area contributed by atoms with Crippen LogP contribution in [0.4, 0.5) is 15.9 Å². The highest BCUT2D eigenvalue weighted by molar-refractivity contribution is 5.82. The molecule has 0 spiro atoms. The number of anilines is 2. The minimum Gasteiger partial charge on any atom is -0.486 e. The summed E-state index contributed by atoms with van der Waals surface area (Å²) in [6, 6.07) is 6.70. The Bertz CT molecular complexity index is 982. The molecule has 3 heterocycles. The van der Waals surface area contributed by atoms with Gasteiger partial charge in [0.2, 0.25) is 5.65 Å². The molecule has 3 aromatic rings. The Morgan fingerprint density at radius 3 is 2.69 bits per heavy atom. The van der Waals surface area contributed by atoms with Crippen LogP contribution in [0.1, 0.15) is 12.8 Å². The topological polar surface area (TPSA) is 58.8 Å². The molecular formula is C18H19FN6O. The molecule has 1 aromatic carbocycles. The lowest BCUT2D eigenvalue weighted by molar-refractivity contribution is 0.312. The Hall–Kier alpha value is -2.90. The zero-order valence-corrected chi connectivity index (χ0v) is 14.7. The van der Waals surface area contributed by atoms with Gasteiger partial charge in [-0.15, -0.1) is 15.3 Å². The molecule has 1 saturated carbocycles. The Morgan fingerprint density at radius 1 is 1.19 bits per heavy atom. The molecule has 7 nitrogen and oxygen atoms in total. The van der Waals surface area contributed by atoms with E-state index in [4.69, 9.17) is 9.84 Å². The van der Waals surface area contributed by atoms with Gasteiger partial charge in [-0.05, 0) is 37.1 Å². The van der Waals surface area contributed by atoms with E-state index in [1.165, 1.54) is 25.0 Å². The number of aromatic nitrogens is 4. The second-order valence-corrected chi connectivity index (χ2v) is 6.88. The highest BCUT2D eigenvalue weighted by Gasteiger charge is 2.34. The first-order chi connectivity index (χ1) is 12.6. The van der Waals surface area contributed by atoms with Crippen LogP contribution in [-0.2, 0) is 0 Å². The average Bonchev–Trinajstić information content (AvgIpc) is 3.41. The fraction of sp³-hybridized carbons (Fsp3) is 0.389. The summed E-state index contributed by atoms with van der Waals surface area (Å²) >= 11 is 0. The molecule has 0 bridgehead atoms. The van der Waals surface area contributed by atoms with E-state index in [-0.39, 0.29) is 5.82 Å². The van der Waals surface area contributed by atoms with E-state index in [2.05, 4.69) is 27.0 Å². The van der Waals surface area contributed by atoms with Gasteiger partial charge in [0, 0.05) is 25.7 Å². The molecule has 5 rings (SSSR count). The van der Waals surface area contributed by atoms with Gasteiger partial charge in [0.05, 0.1) is 6.54 Å². The number of hydrogen-bond donors (Lipinski definition) is 0. The number of fused-ring (bicyclic) bond motifs is 3. The third kappa shape index (κ3) is 2.28. The molecule has 0 atom stereocenters. The summed E-state index contributed by atoms with van der Waals surface area (Å²) in [6.07, 6.45) is 2.34. The Kier molecular flexibility index (Phi) is 3.28. The molecular weight excluding hydrogens is 335 g/mol. The number of hydrogen-bond acceptors (Lipinski definition) is 6. The van der Waals surface area contributed by atoms with Crippen LogP contribution in [0.2, 0.25) is 0 Å². The largest absolute Gasteiger partial charge is 0.486 e. The van der Waals surface area contributed by atoms with Crippen molar-refractivity contribution in [1.82, 2.24) is 19.8 Å². The van der Waals surface area contributed by atoms with Crippen LogP contribution < -0.4 is 14.5 Å². The first-order valence-electron chi connectivity index (χ1n) is 8.75. The minimum atomic E-state index is -0.285. The normalized spacial score (nSPS) is 16.5. The molecule has 26 heavy (non-hydrogen) atoms. The number of nitrogens with zero attached hydrogens (tertiary/aromatic N) is 6. The average molecular weight is 354 g/mol. The number of rotatable bonds is 3. The third-order valence-corrected chi connectivity index (χ3v) is 5.05. The van der Waals surface area contributed by atoms with Crippen LogP contribution in [0.15, 0.2) is 24.3 Å². The summed E-state index contributed by atoms with van der Waals surface area (Å²) < 4.78 is 21.0. The summed E-state index contributed by atoms with van der Waals surface area (Å²) in [5.41, 5.74) is 2.30. The third-order valence-electron chi connectivity index (χ3n) is 5.05. The Labute approximate surface area is 150 Å². The maximum Gasteiger partial charge on any atom is 0.222 e. The van der Waals surface area contributed by atoms with E-state index in [0.29, 0.717) is 29.9 Å². The van der Waals surface area contributed by atoms with Gasteiger partial charge in [0.15, 0.2) is 17.4 Å². The van der Waals surface area contributed by atoms with Gasteiger partial charge >= 0.3 is 0 Å². The highest BCUT2D eigenvalue weighted by Crippen LogP contribution is 2.43. The van der Waals surface area contributed by atoms with E-state index in [1.54, 1.807) is 16.6 Å². The Morgan fingerprint density at radius 2 is 1.96 bits per heavy atom. The molecule has 0 unspecified atom stereocenters. The first-order valence-corrected chi connectivity index (χ1v) is 8.75. The van der Waals surface area contributed by atoms with Gasteiger partial charge in [0.1, 0.15) is 18.1 Å². The molecule has 1 aliphatic heterocycles. The van der Waals surface area contributed by atoms with E-state index >= 15 is 0 Å². The molecule has 2 aliphatic rings. The van der Waals surface area contributed by atoms with E-state index < -0.39 is 0 Å². The summed E-state index contributed by atoms with van der Waals surface area (Å²) in [5.74, 6) is 1.86. The molecule has 0 saturated heterocycles. The van der Waals surface area contributed by atoms with Crippen molar-refractivity contribution < 1.29 is 9.13 Å². The lowest BCUT2D eigenvalue weighted by Crippen LogP contribution is -2.33. The van der Waals surface area contributed by atoms with Gasteiger partial charge in [-0.25, -0.2) is 4.39 Å². The lowest BCUT2D eigenvalue weighted by Gasteiger charge is -2.32. The van der Waals surface area contributed by atoms with Gasteiger partial charge in [0.25, 0.3) is 0 Å². The monoisotopic (exact) mass is 354 g/mol. The van der Waals surface area contributed by atoms with Crippen LogP contribution in [0.3, 0.4) is 0 Å². The van der Waals surface area contributed by atoms with Crippen molar-refractivity contribution in [2.45, 2.75) is 18.9 Å². The lowest BCUT2D eigenvalue weighted by atomic mass is 10.2. The molecule has 0 radical (unpaired) electrons. The predicted octanol–water partition coefficient (Wildman–Crippen LogP) is 2.36. The second kappa shape index (κ2) is 5.55. The molecule has 0 N–H and O–H groups in total. The maximum absolute atomic E-state index is 13.3. The van der Waals surface area contributed by atoms with E-state index in [1.807, 2.05) is 7.05 Å². The zero-order chi connectivity index (χ0) is 17.8. The van der Waals surface area contributed by atoms with E-state index in [0.717, 1.165) is 23.6 Å². The quantitative estimate of drug-likeness (QED) is 0.720. The fourth-order valence-electron chi connectivity index (χ4n) is 3.39. The van der Waals surface area contributed by atoms with Crippen LogP contribution in [0.25, 0.3) is 17.0 Å². The maximum atomic E-state index is 13.3. The summed E-state index contributed by atoms with van der Waals surface area (Å²) in [6.45, 7) is 1.39. The minimum absolute atomic E-state index is 0.285. The fourth-order valence-corrected chi connectivity index (χ4v) is 3.39. The molecule has 134 valence electrons. The Balaban J connectivity index is 1.75.